The van der Waals surface area contributed by atoms with Crippen LogP contribution in [0.25, 0.3) is 0 Å². The standard InChI is InChI=1S/C41H43N3O7/c1-41-31(38(47)44(40(41)49)25-12-8-5-9-13-25)22-30-28(36(41)35-32(50-2)20-27(45)21-33(35)51-3)14-15-29-34(30)39(48)43(37(29)46)26-16-18-42(19-17-26)23-24-10-6-4-7-11-24/h4-14,20-21,26,29-31,34,36,45H,15-19,22-23H2,1-3H3/t29-,30+,31-,34-,36+,41+/m0/s1. The van der Waals surface area contributed by atoms with Gasteiger partial charge in [-0.15, -0.1) is 0 Å². The number of amides is 4. The van der Waals surface area contributed by atoms with E-state index in [-0.39, 0.29) is 41.8 Å². The first-order chi connectivity index (χ1) is 24.7. The molecule has 2 aliphatic carbocycles. The number of ether oxygens (including phenoxy) is 2. The highest BCUT2D eigenvalue weighted by molar-refractivity contribution is 6.24. The van der Waals surface area contributed by atoms with Gasteiger partial charge in [0.2, 0.25) is 23.6 Å². The summed E-state index contributed by atoms with van der Waals surface area (Å²) in [5.41, 5.74) is 1.83. The number of likely N-dealkylation sites (tertiary alicyclic amines) is 2. The molecule has 8 rings (SSSR count). The van der Waals surface area contributed by atoms with Crippen molar-refractivity contribution in [2.45, 2.75) is 51.1 Å². The van der Waals surface area contributed by atoms with Gasteiger partial charge in [0.25, 0.3) is 0 Å². The van der Waals surface area contributed by atoms with Crippen LogP contribution in [0, 0.1) is 29.1 Å². The average molecular weight is 690 g/mol. The van der Waals surface area contributed by atoms with Gasteiger partial charge in [0.15, 0.2) is 0 Å². The van der Waals surface area contributed by atoms with Gasteiger partial charge in [-0.25, -0.2) is 4.90 Å². The lowest BCUT2D eigenvalue weighted by Gasteiger charge is -2.49. The van der Waals surface area contributed by atoms with E-state index in [4.69, 9.17) is 9.47 Å². The summed E-state index contributed by atoms with van der Waals surface area (Å²) in [7, 11) is 2.98. The van der Waals surface area contributed by atoms with Gasteiger partial charge in [-0.05, 0) is 56.2 Å². The predicted octanol–water partition coefficient (Wildman–Crippen LogP) is 5.30. The lowest BCUT2D eigenvalue weighted by Crippen LogP contribution is -2.49. The molecule has 6 atom stereocenters. The minimum Gasteiger partial charge on any atom is -0.508 e. The number of benzene rings is 3. The van der Waals surface area contributed by atoms with E-state index in [0.717, 1.165) is 25.2 Å². The normalized spacial score (nSPS) is 29.5. The highest BCUT2D eigenvalue weighted by Gasteiger charge is 2.68. The Morgan fingerprint density at radius 2 is 1.45 bits per heavy atom. The molecular formula is C41H43N3O7. The quantitative estimate of drug-likeness (QED) is 0.263. The molecule has 3 aromatic carbocycles. The van der Waals surface area contributed by atoms with Crippen molar-refractivity contribution in [3.05, 3.63) is 95.6 Å². The number of para-hydroxylation sites is 1. The number of nitrogens with zero attached hydrogens (tertiary/aromatic N) is 3. The number of methoxy groups -OCH3 is 2. The summed E-state index contributed by atoms with van der Waals surface area (Å²) in [5, 5.41) is 10.6. The van der Waals surface area contributed by atoms with Gasteiger partial charge >= 0.3 is 0 Å². The number of anilines is 1. The third-order valence-electron chi connectivity index (χ3n) is 12.3. The summed E-state index contributed by atoms with van der Waals surface area (Å²) < 4.78 is 11.7. The molecule has 264 valence electrons. The molecule has 4 fully saturated rings. The van der Waals surface area contributed by atoms with Gasteiger partial charge in [0, 0.05) is 49.3 Å². The van der Waals surface area contributed by atoms with E-state index in [9.17, 15) is 24.3 Å². The Hall–Kier alpha value is -4.96. The number of carbonyl (C=O) groups excluding carboxylic acids is 4. The van der Waals surface area contributed by atoms with E-state index in [1.165, 1.54) is 36.8 Å². The Morgan fingerprint density at radius 3 is 2.08 bits per heavy atom. The van der Waals surface area contributed by atoms with Crippen molar-refractivity contribution in [1.29, 1.82) is 0 Å². The van der Waals surface area contributed by atoms with Gasteiger partial charge in [-0.1, -0.05) is 60.2 Å². The monoisotopic (exact) mass is 689 g/mol. The Bertz CT molecular complexity index is 1900. The van der Waals surface area contributed by atoms with Crippen LogP contribution in [0.4, 0.5) is 5.69 Å². The predicted molar refractivity (Wildman–Crippen MR) is 189 cm³/mol. The number of aromatic hydroxyl groups is 1. The Morgan fingerprint density at radius 1 is 0.824 bits per heavy atom. The Balaban J connectivity index is 1.17. The molecule has 4 amide bonds. The number of rotatable bonds is 7. The summed E-state index contributed by atoms with van der Waals surface area (Å²) >= 11 is 0. The largest absolute Gasteiger partial charge is 0.508 e. The van der Waals surface area contributed by atoms with Gasteiger partial charge in [-0.2, -0.15) is 0 Å². The first-order valence-electron chi connectivity index (χ1n) is 17.9. The van der Waals surface area contributed by atoms with Crippen LogP contribution < -0.4 is 14.4 Å². The average Bonchev–Trinajstić information content (AvgIpc) is 3.52. The fourth-order valence-corrected chi connectivity index (χ4v) is 9.92. The Labute approximate surface area is 297 Å². The number of piperidine rings is 1. The van der Waals surface area contributed by atoms with Crippen molar-refractivity contribution in [2.75, 3.05) is 32.2 Å². The molecule has 3 aliphatic heterocycles. The second kappa shape index (κ2) is 12.7. The molecule has 3 heterocycles. The van der Waals surface area contributed by atoms with Crippen LogP contribution in [-0.4, -0.2) is 71.9 Å². The topological polar surface area (TPSA) is 117 Å². The minimum atomic E-state index is -1.27. The molecule has 3 aromatic rings. The number of phenolic OH excluding ortho intramolecular Hbond substituents is 1. The van der Waals surface area contributed by atoms with Crippen molar-refractivity contribution >= 4 is 29.3 Å². The summed E-state index contributed by atoms with van der Waals surface area (Å²) in [6.45, 7) is 4.23. The smallest absolute Gasteiger partial charge is 0.241 e. The number of imide groups is 2. The van der Waals surface area contributed by atoms with E-state index >= 15 is 0 Å². The fraction of sp³-hybridized carbons (Fsp3) is 0.415. The zero-order valence-corrected chi connectivity index (χ0v) is 29.2. The van der Waals surface area contributed by atoms with Crippen molar-refractivity contribution in [1.82, 2.24) is 9.80 Å². The number of hydrogen-bond acceptors (Lipinski definition) is 8. The first-order valence-corrected chi connectivity index (χ1v) is 17.9. The number of phenols is 1. The highest BCUT2D eigenvalue weighted by Crippen LogP contribution is 2.65. The fourth-order valence-electron chi connectivity index (χ4n) is 9.92. The van der Waals surface area contributed by atoms with Crippen LogP contribution >= 0.6 is 0 Å². The number of hydrogen-bond donors (Lipinski definition) is 1. The van der Waals surface area contributed by atoms with Gasteiger partial charge < -0.3 is 14.6 Å². The minimum absolute atomic E-state index is 0.0686. The van der Waals surface area contributed by atoms with E-state index in [1.54, 1.807) is 29.2 Å². The van der Waals surface area contributed by atoms with Crippen LogP contribution in [0.1, 0.15) is 49.7 Å². The van der Waals surface area contributed by atoms with Gasteiger partial charge in [-0.3, -0.25) is 29.0 Å². The van der Waals surface area contributed by atoms with E-state index in [2.05, 4.69) is 17.0 Å². The lowest BCUT2D eigenvalue weighted by atomic mass is 9.51. The number of allylic oxidation sites excluding steroid dienone is 2. The molecule has 3 saturated heterocycles. The molecule has 10 nitrogen and oxygen atoms in total. The molecule has 0 radical (unpaired) electrons. The third-order valence-corrected chi connectivity index (χ3v) is 12.3. The first kappa shape index (κ1) is 33.2. The van der Waals surface area contributed by atoms with Gasteiger partial charge in [0.1, 0.15) is 17.2 Å². The molecular weight excluding hydrogens is 646 g/mol. The number of carbonyl (C=O) groups is 4. The van der Waals surface area contributed by atoms with Crippen LogP contribution in [0.5, 0.6) is 17.2 Å². The highest BCUT2D eigenvalue weighted by atomic mass is 16.5. The van der Waals surface area contributed by atoms with Crippen LogP contribution in [0.2, 0.25) is 0 Å². The maximum atomic E-state index is 14.8. The van der Waals surface area contributed by atoms with Crippen molar-refractivity contribution in [3.8, 4) is 17.2 Å². The summed E-state index contributed by atoms with van der Waals surface area (Å²) in [5.74, 6) is -3.54. The van der Waals surface area contributed by atoms with Crippen molar-refractivity contribution < 1.29 is 33.8 Å². The molecule has 0 aromatic heterocycles. The summed E-state index contributed by atoms with van der Waals surface area (Å²) in [6.07, 6.45) is 4.07. The summed E-state index contributed by atoms with van der Waals surface area (Å²) in [6, 6.07) is 22.0. The second-order valence-electron chi connectivity index (χ2n) is 14.8. The third kappa shape index (κ3) is 5.09. The molecule has 0 spiro atoms. The zero-order chi connectivity index (χ0) is 35.6. The lowest BCUT2D eigenvalue weighted by molar-refractivity contribution is -0.144. The van der Waals surface area contributed by atoms with E-state index in [0.29, 0.717) is 42.0 Å². The maximum Gasteiger partial charge on any atom is 0.241 e. The second-order valence-corrected chi connectivity index (χ2v) is 14.8. The molecule has 1 N–H and O–H groups in total. The van der Waals surface area contributed by atoms with Crippen molar-refractivity contribution in [3.63, 3.8) is 0 Å². The molecule has 5 aliphatic rings. The Kier molecular flexibility index (Phi) is 8.25. The molecule has 51 heavy (non-hydrogen) atoms. The van der Waals surface area contributed by atoms with E-state index in [1.807, 2.05) is 37.3 Å². The molecule has 0 unspecified atom stereocenters. The van der Waals surface area contributed by atoms with Crippen LogP contribution in [0.15, 0.2) is 84.4 Å². The molecule has 0 bridgehead atoms. The number of fused-ring (bicyclic) bond motifs is 4. The molecule has 10 heteroatoms. The zero-order valence-electron chi connectivity index (χ0n) is 29.2. The van der Waals surface area contributed by atoms with Crippen LogP contribution in [-0.2, 0) is 25.7 Å². The van der Waals surface area contributed by atoms with Crippen LogP contribution in [0.3, 0.4) is 0 Å². The maximum absolute atomic E-state index is 14.8. The van der Waals surface area contributed by atoms with E-state index < -0.39 is 35.0 Å². The van der Waals surface area contributed by atoms with Crippen molar-refractivity contribution in [2.24, 2.45) is 29.1 Å². The van der Waals surface area contributed by atoms with Gasteiger partial charge in [0.05, 0.1) is 43.1 Å². The SMILES string of the molecule is COc1cc(O)cc(OC)c1[C@H]1C2=CC[C@@H]3C(=O)N(C4CCN(Cc5ccccc5)CC4)C(=O)[C@@H]3[C@@H]2C[C@H]2C(=O)N(c3ccccc3)C(=O)[C@@]12C. The molecule has 1 saturated carbocycles. The summed E-state index contributed by atoms with van der Waals surface area (Å²) in [4.78, 5) is 63.3.